The number of rotatable bonds is 8. The Hall–Kier alpha value is -1.75. The topological polar surface area (TPSA) is 82.0 Å². The van der Waals surface area contributed by atoms with Crippen LogP contribution in [0.5, 0.6) is 11.5 Å². The molecule has 0 spiro atoms. The summed E-state index contributed by atoms with van der Waals surface area (Å²) in [7, 11) is 5.54. The van der Waals surface area contributed by atoms with E-state index in [4.69, 9.17) is 4.74 Å². The number of phenols is 1. The van der Waals surface area contributed by atoms with E-state index in [-0.39, 0.29) is 29.7 Å². The molecule has 150 valence electrons. The summed E-state index contributed by atoms with van der Waals surface area (Å²) in [5.74, 6) is 1.63. The molecule has 1 aromatic carbocycles. The van der Waals surface area contributed by atoms with E-state index in [0.717, 1.165) is 28.9 Å². The van der Waals surface area contributed by atoms with Crippen LogP contribution in [0.25, 0.3) is 0 Å². The number of aromatic nitrogens is 1. The molecule has 0 saturated carbocycles. The van der Waals surface area contributed by atoms with Crippen LogP contribution in [0.2, 0.25) is 0 Å². The molecule has 1 aromatic heterocycles. The van der Waals surface area contributed by atoms with Crippen LogP contribution in [0.1, 0.15) is 18.2 Å². The van der Waals surface area contributed by atoms with E-state index >= 15 is 0 Å². The number of aliphatic imine (C=N–C) groups is 1. The van der Waals surface area contributed by atoms with Crippen LogP contribution in [0, 0.1) is 0 Å². The fourth-order valence-corrected chi connectivity index (χ4v) is 3.02. The highest BCUT2D eigenvalue weighted by Gasteiger charge is 2.06. The number of hydrogen-bond donors (Lipinski definition) is 3. The Labute approximate surface area is 181 Å². The number of anilines is 1. The number of thiazole rings is 1. The smallest absolute Gasteiger partial charge is 0.191 e. The molecule has 9 heteroatoms. The molecule has 27 heavy (non-hydrogen) atoms. The van der Waals surface area contributed by atoms with Gasteiger partial charge in [-0.15, -0.1) is 35.3 Å². The third kappa shape index (κ3) is 7.41. The number of nitrogens with one attached hydrogen (secondary N) is 2. The SMILES string of the molecule is CCNC(=NCc1csc(N(C)C)n1)NCCc1ccc(OC)cc1O.I. The normalized spacial score (nSPS) is 10.9. The number of aromatic hydroxyl groups is 1. The largest absolute Gasteiger partial charge is 0.508 e. The Bertz CT molecular complexity index is 736. The van der Waals surface area contributed by atoms with Gasteiger partial charge in [0.2, 0.25) is 0 Å². The van der Waals surface area contributed by atoms with Crippen molar-refractivity contribution in [1.82, 2.24) is 15.6 Å². The summed E-state index contributed by atoms with van der Waals surface area (Å²) in [6, 6.07) is 5.34. The van der Waals surface area contributed by atoms with Gasteiger partial charge < -0.3 is 25.4 Å². The number of hydrogen-bond acceptors (Lipinski definition) is 6. The van der Waals surface area contributed by atoms with Crippen LogP contribution in [0.4, 0.5) is 5.13 Å². The molecule has 2 rings (SSSR count). The Balaban J connectivity index is 0.00000364. The molecule has 0 aliphatic rings. The predicted octanol–water partition coefficient (Wildman–Crippen LogP) is 2.84. The molecule has 0 bridgehead atoms. The lowest BCUT2D eigenvalue weighted by Gasteiger charge is -2.12. The molecule has 2 aromatic rings. The van der Waals surface area contributed by atoms with E-state index < -0.39 is 0 Å². The molecule has 3 N–H and O–H groups in total. The second-order valence-electron chi connectivity index (χ2n) is 5.88. The second-order valence-corrected chi connectivity index (χ2v) is 6.72. The van der Waals surface area contributed by atoms with Gasteiger partial charge in [0.15, 0.2) is 11.1 Å². The van der Waals surface area contributed by atoms with Crippen molar-refractivity contribution < 1.29 is 9.84 Å². The first kappa shape index (κ1) is 23.3. The summed E-state index contributed by atoms with van der Waals surface area (Å²) in [5, 5.41) is 19.5. The van der Waals surface area contributed by atoms with E-state index in [2.05, 4.69) is 20.6 Å². The van der Waals surface area contributed by atoms with Gasteiger partial charge >= 0.3 is 0 Å². The predicted molar refractivity (Wildman–Crippen MR) is 123 cm³/mol. The average molecular weight is 505 g/mol. The first-order valence-corrected chi connectivity index (χ1v) is 9.41. The lowest BCUT2D eigenvalue weighted by atomic mass is 10.1. The standard InChI is InChI=1S/C18H27N5O2S.HI/c1-5-19-17(21-11-14-12-26-18(22-14)23(2)3)20-9-8-13-6-7-15(25-4)10-16(13)24;/h6-7,10,12,24H,5,8-9,11H2,1-4H3,(H2,19,20,21);1H. The summed E-state index contributed by atoms with van der Waals surface area (Å²) in [6.07, 6.45) is 0.682. The highest BCUT2D eigenvalue weighted by atomic mass is 127. The molecule has 7 nitrogen and oxygen atoms in total. The fraction of sp³-hybridized carbons (Fsp3) is 0.444. The first-order valence-electron chi connectivity index (χ1n) is 8.53. The Kier molecular flexibility index (Phi) is 10.2. The van der Waals surface area contributed by atoms with Crippen LogP contribution in [-0.2, 0) is 13.0 Å². The molecule has 0 aliphatic heterocycles. The number of methoxy groups -OCH3 is 1. The van der Waals surface area contributed by atoms with E-state index in [1.165, 1.54) is 0 Å². The molecule has 0 saturated heterocycles. The maximum Gasteiger partial charge on any atom is 0.191 e. The molecule has 0 unspecified atom stereocenters. The minimum absolute atomic E-state index is 0. The summed E-state index contributed by atoms with van der Waals surface area (Å²) in [4.78, 5) is 11.1. The summed E-state index contributed by atoms with van der Waals surface area (Å²) < 4.78 is 5.10. The summed E-state index contributed by atoms with van der Waals surface area (Å²) in [5.41, 5.74) is 1.81. The van der Waals surface area contributed by atoms with Gasteiger partial charge in [0.1, 0.15) is 11.5 Å². The zero-order chi connectivity index (χ0) is 18.9. The van der Waals surface area contributed by atoms with E-state index in [1.807, 2.05) is 43.4 Å². The van der Waals surface area contributed by atoms with Crippen molar-refractivity contribution in [2.45, 2.75) is 19.9 Å². The molecular weight excluding hydrogens is 477 g/mol. The lowest BCUT2D eigenvalue weighted by molar-refractivity contribution is 0.406. The minimum Gasteiger partial charge on any atom is -0.508 e. The zero-order valence-electron chi connectivity index (χ0n) is 16.2. The maximum absolute atomic E-state index is 10.0. The van der Waals surface area contributed by atoms with E-state index in [1.54, 1.807) is 24.5 Å². The van der Waals surface area contributed by atoms with Gasteiger partial charge in [-0.3, -0.25) is 0 Å². The van der Waals surface area contributed by atoms with E-state index in [0.29, 0.717) is 25.3 Å². The number of nitrogens with zero attached hydrogens (tertiary/aromatic N) is 3. The van der Waals surface area contributed by atoms with Crippen molar-refractivity contribution in [2.24, 2.45) is 4.99 Å². The monoisotopic (exact) mass is 505 g/mol. The minimum atomic E-state index is 0. The van der Waals surface area contributed by atoms with Crippen LogP contribution < -0.4 is 20.3 Å². The van der Waals surface area contributed by atoms with Crippen LogP contribution in [0.15, 0.2) is 28.6 Å². The van der Waals surface area contributed by atoms with Crippen LogP contribution >= 0.6 is 35.3 Å². The highest BCUT2D eigenvalue weighted by Crippen LogP contribution is 2.23. The van der Waals surface area contributed by atoms with Gasteiger partial charge in [-0.25, -0.2) is 9.98 Å². The second kappa shape index (κ2) is 11.9. The molecule has 0 radical (unpaired) electrons. The molecule has 0 atom stereocenters. The van der Waals surface area contributed by atoms with Crippen molar-refractivity contribution >= 4 is 46.4 Å². The number of guanidine groups is 1. The molecule has 0 fully saturated rings. The third-order valence-corrected chi connectivity index (χ3v) is 4.70. The van der Waals surface area contributed by atoms with Gasteiger partial charge in [0, 0.05) is 38.6 Å². The van der Waals surface area contributed by atoms with Gasteiger partial charge in [-0.1, -0.05) is 6.07 Å². The summed E-state index contributed by atoms with van der Waals surface area (Å²) >= 11 is 1.61. The van der Waals surface area contributed by atoms with E-state index in [9.17, 15) is 5.11 Å². The molecule has 0 amide bonds. The van der Waals surface area contributed by atoms with Gasteiger partial charge in [-0.2, -0.15) is 0 Å². The number of phenolic OH excluding ortho intramolecular Hbond substituents is 1. The van der Waals surface area contributed by atoms with Crippen molar-refractivity contribution in [3.63, 3.8) is 0 Å². The van der Waals surface area contributed by atoms with Gasteiger partial charge in [0.25, 0.3) is 0 Å². The van der Waals surface area contributed by atoms with Crippen molar-refractivity contribution in [1.29, 1.82) is 0 Å². The molecule has 1 heterocycles. The quantitative estimate of drug-likeness (QED) is 0.291. The first-order chi connectivity index (χ1) is 12.5. The van der Waals surface area contributed by atoms with Crippen LogP contribution in [0.3, 0.4) is 0 Å². The highest BCUT2D eigenvalue weighted by molar-refractivity contribution is 14.0. The molecule has 0 aliphatic carbocycles. The maximum atomic E-state index is 10.0. The molecular formula is C18H28IN5O2S. The van der Waals surface area contributed by atoms with Crippen LogP contribution in [-0.4, -0.2) is 50.3 Å². The fourth-order valence-electron chi connectivity index (χ4n) is 2.27. The Morgan fingerprint density at radius 2 is 2.11 bits per heavy atom. The average Bonchev–Trinajstić information content (AvgIpc) is 3.10. The summed E-state index contributed by atoms with van der Waals surface area (Å²) in [6.45, 7) is 3.98. The Morgan fingerprint density at radius 1 is 1.33 bits per heavy atom. The number of benzene rings is 1. The van der Waals surface area contributed by atoms with Gasteiger partial charge in [-0.05, 0) is 25.0 Å². The third-order valence-electron chi connectivity index (χ3n) is 3.64. The number of ether oxygens (including phenoxy) is 1. The number of halogens is 1. The van der Waals surface area contributed by atoms with Crippen molar-refractivity contribution in [3.8, 4) is 11.5 Å². The van der Waals surface area contributed by atoms with Crippen molar-refractivity contribution in [2.75, 3.05) is 39.2 Å². The van der Waals surface area contributed by atoms with Gasteiger partial charge in [0.05, 0.1) is 19.3 Å². The van der Waals surface area contributed by atoms with Crippen molar-refractivity contribution in [3.05, 3.63) is 34.8 Å². The lowest BCUT2D eigenvalue weighted by Crippen LogP contribution is -2.38. The zero-order valence-corrected chi connectivity index (χ0v) is 19.3. The Morgan fingerprint density at radius 3 is 2.70 bits per heavy atom.